The monoisotopic (exact) mass is 458 g/mol. The van der Waals surface area contributed by atoms with Crippen LogP contribution in [0.3, 0.4) is 0 Å². The highest BCUT2D eigenvalue weighted by molar-refractivity contribution is 8.26. The zero-order chi connectivity index (χ0) is 22.7. The number of amides is 1. The molecule has 1 unspecified atom stereocenters. The van der Waals surface area contributed by atoms with E-state index < -0.39 is 0 Å². The van der Waals surface area contributed by atoms with E-state index in [9.17, 15) is 14.9 Å². The zero-order valence-corrected chi connectivity index (χ0v) is 20.4. The van der Waals surface area contributed by atoms with Gasteiger partial charge in [-0.25, -0.2) is 0 Å². The van der Waals surface area contributed by atoms with Crippen LogP contribution >= 0.6 is 24.0 Å². The molecule has 3 rings (SSSR count). The minimum atomic E-state index is -0.245. The molecular formula is C23H30N4O2S2. The Morgan fingerprint density at radius 3 is 2.58 bits per heavy atom. The Hall–Kier alpha value is -2.11. The van der Waals surface area contributed by atoms with Gasteiger partial charge in [0.05, 0.1) is 4.91 Å². The van der Waals surface area contributed by atoms with Gasteiger partial charge in [0.25, 0.3) is 11.5 Å². The number of nitriles is 1. The lowest BCUT2D eigenvalue weighted by molar-refractivity contribution is -0.122. The van der Waals surface area contributed by atoms with Crippen molar-refractivity contribution in [3.63, 3.8) is 0 Å². The molecule has 0 radical (unpaired) electrons. The Labute approximate surface area is 193 Å². The maximum Gasteiger partial charge on any atom is 0.270 e. The zero-order valence-electron chi connectivity index (χ0n) is 18.7. The molecule has 1 atom stereocenters. The number of pyridine rings is 1. The molecular weight excluding hydrogens is 428 g/mol. The van der Waals surface area contributed by atoms with Gasteiger partial charge in [-0.1, -0.05) is 44.8 Å². The average molecular weight is 459 g/mol. The van der Waals surface area contributed by atoms with E-state index in [1.807, 2.05) is 26.8 Å². The van der Waals surface area contributed by atoms with Crippen LogP contribution in [0, 0.1) is 24.2 Å². The van der Waals surface area contributed by atoms with Gasteiger partial charge in [0.2, 0.25) is 0 Å². The van der Waals surface area contributed by atoms with Crippen LogP contribution in [0.5, 0.6) is 0 Å². The van der Waals surface area contributed by atoms with Crippen molar-refractivity contribution in [2.24, 2.45) is 5.92 Å². The van der Waals surface area contributed by atoms with Crippen LogP contribution in [-0.2, 0) is 11.3 Å². The van der Waals surface area contributed by atoms with Crippen LogP contribution in [0.2, 0.25) is 0 Å². The van der Waals surface area contributed by atoms with Crippen molar-refractivity contribution in [3.05, 3.63) is 31.9 Å². The maximum atomic E-state index is 13.2. The number of piperidine rings is 1. The molecule has 8 heteroatoms. The molecule has 31 heavy (non-hydrogen) atoms. The molecule has 2 fully saturated rings. The standard InChI is InChI=1S/C23H30N4O2S2/c1-5-9-26-20(25-11-7-8-15(3)14-25)17(16(4)18(13-24)21(26)28)12-19-22(29)27(10-6-2)23(30)31-19/h12,15H,5-11,14H2,1-4H3/b19-12-. The molecule has 6 nitrogen and oxygen atoms in total. The second-order valence-electron chi connectivity index (χ2n) is 8.33. The first-order valence-electron chi connectivity index (χ1n) is 11.0. The van der Waals surface area contributed by atoms with Gasteiger partial charge < -0.3 is 4.90 Å². The summed E-state index contributed by atoms with van der Waals surface area (Å²) in [6.07, 6.45) is 5.68. The van der Waals surface area contributed by atoms with E-state index in [-0.39, 0.29) is 17.0 Å². The third-order valence-electron chi connectivity index (χ3n) is 5.85. The number of anilines is 1. The second-order valence-corrected chi connectivity index (χ2v) is 10.0. The van der Waals surface area contributed by atoms with Crippen LogP contribution in [-0.4, -0.2) is 39.3 Å². The fraction of sp³-hybridized carbons (Fsp3) is 0.565. The number of thiocarbonyl (C=S) groups is 1. The van der Waals surface area contributed by atoms with Crippen molar-refractivity contribution in [1.29, 1.82) is 5.26 Å². The molecule has 0 bridgehead atoms. The number of hydrogen-bond acceptors (Lipinski definition) is 6. The summed E-state index contributed by atoms with van der Waals surface area (Å²) in [7, 11) is 0. The molecule has 1 aromatic rings. The lowest BCUT2D eigenvalue weighted by Crippen LogP contribution is -2.40. The molecule has 166 valence electrons. The largest absolute Gasteiger partial charge is 0.357 e. The van der Waals surface area contributed by atoms with E-state index in [0.29, 0.717) is 33.8 Å². The minimum absolute atomic E-state index is 0.0963. The number of hydrogen-bond donors (Lipinski definition) is 0. The summed E-state index contributed by atoms with van der Waals surface area (Å²) in [5, 5.41) is 9.73. The van der Waals surface area contributed by atoms with Gasteiger partial charge in [-0.15, -0.1) is 0 Å². The fourth-order valence-corrected chi connectivity index (χ4v) is 5.64. The summed E-state index contributed by atoms with van der Waals surface area (Å²) < 4.78 is 2.30. The number of rotatable bonds is 6. The number of carbonyl (C=O) groups excluding carboxylic acids is 1. The molecule has 1 amide bonds. The Bertz CT molecular complexity index is 1020. The number of aromatic nitrogens is 1. The third-order valence-corrected chi connectivity index (χ3v) is 7.22. The Morgan fingerprint density at radius 1 is 1.26 bits per heavy atom. The van der Waals surface area contributed by atoms with Crippen LogP contribution in [0.15, 0.2) is 9.70 Å². The van der Waals surface area contributed by atoms with Crippen molar-refractivity contribution >= 4 is 46.1 Å². The molecule has 0 N–H and O–H groups in total. The number of carbonyl (C=O) groups is 1. The lowest BCUT2D eigenvalue weighted by atomic mass is 9.98. The molecule has 0 saturated carbocycles. The highest BCUT2D eigenvalue weighted by atomic mass is 32.2. The average Bonchev–Trinajstić information content (AvgIpc) is 3.00. The molecule has 1 aromatic heterocycles. The van der Waals surface area contributed by atoms with Gasteiger partial charge in [0.15, 0.2) is 0 Å². The van der Waals surface area contributed by atoms with Crippen LogP contribution in [0.25, 0.3) is 6.08 Å². The molecule has 0 aromatic carbocycles. The summed E-state index contributed by atoms with van der Waals surface area (Å²) in [6.45, 7) is 10.9. The van der Waals surface area contributed by atoms with Crippen LogP contribution in [0.1, 0.15) is 63.1 Å². The minimum Gasteiger partial charge on any atom is -0.357 e. The van der Waals surface area contributed by atoms with Gasteiger partial charge in [-0.3, -0.25) is 19.1 Å². The summed E-state index contributed by atoms with van der Waals surface area (Å²) in [5.41, 5.74) is 1.33. The molecule has 2 saturated heterocycles. The Morgan fingerprint density at radius 2 is 1.97 bits per heavy atom. The van der Waals surface area contributed by atoms with Crippen LogP contribution < -0.4 is 10.5 Å². The lowest BCUT2D eigenvalue weighted by Gasteiger charge is -2.36. The quantitative estimate of drug-likeness (QED) is 0.468. The van der Waals surface area contributed by atoms with Crippen molar-refractivity contribution in [2.45, 2.75) is 59.9 Å². The van der Waals surface area contributed by atoms with Gasteiger partial charge in [-0.2, -0.15) is 5.26 Å². The smallest absolute Gasteiger partial charge is 0.270 e. The normalized spacial score (nSPS) is 20.6. The van der Waals surface area contributed by atoms with Crippen molar-refractivity contribution in [3.8, 4) is 6.07 Å². The van der Waals surface area contributed by atoms with Gasteiger partial charge in [0, 0.05) is 31.7 Å². The molecule has 2 aliphatic heterocycles. The summed E-state index contributed by atoms with van der Waals surface area (Å²) in [6, 6.07) is 2.11. The molecule has 0 aliphatic carbocycles. The summed E-state index contributed by atoms with van der Waals surface area (Å²) in [5.74, 6) is 1.25. The van der Waals surface area contributed by atoms with Gasteiger partial charge >= 0.3 is 0 Å². The predicted molar refractivity (Wildman–Crippen MR) is 131 cm³/mol. The van der Waals surface area contributed by atoms with E-state index in [1.54, 1.807) is 9.47 Å². The predicted octanol–water partition coefficient (Wildman–Crippen LogP) is 4.29. The first-order valence-corrected chi connectivity index (χ1v) is 12.2. The number of nitrogens with zero attached hydrogens (tertiary/aromatic N) is 4. The van der Waals surface area contributed by atoms with Gasteiger partial charge in [0.1, 0.15) is 21.8 Å². The highest BCUT2D eigenvalue weighted by Crippen LogP contribution is 2.36. The van der Waals surface area contributed by atoms with E-state index >= 15 is 0 Å². The Kier molecular flexibility index (Phi) is 7.60. The summed E-state index contributed by atoms with van der Waals surface area (Å²) in [4.78, 5) is 30.6. The Balaban J connectivity index is 2.24. The fourth-order valence-electron chi connectivity index (χ4n) is 4.35. The van der Waals surface area contributed by atoms with Crippen LogP contribution in [0.4, 0.5) is 5.82 Å². The van der Waals surface area contributed by atoms with E-state index in [1.165, 1.54) is 11.8 Å². The van der Waals surface area contributed by atoms with Gasteiger partial charge in [-0.05, 0) is 50.2 Å². The summed E-state index contributed by atoms with van der Waals surface area (Å²) >= 11 is 6.73. The first-order chi connectivity index (χ1) is 14.8. The first kappa shape index (κ1) is 23.6. The van der Waals surface area contributed by atoms with E-state index in [4.69, 9.17) is 12.2 Å². The van der Waals surface area contributed by atoms with Crippen molar-refractivity contribution in [1.82, 2.24) is 9.47 Å². The van der Waals surface area contributed by atoms with E-state index in [0.717, 1.165) is 50.2 Å². The van der Waals surface area contributed by atoms with Crippen molar-refractivity contribution < 1.29 is 4.79 Å². The topological polar surface area (TPSA) is 69.3 Å². The molecule has 2 aliphatic rings. The van der Waals surface area contributed by atoms with Crippen molar-refractivity contribution in [2.75, 3.05) is 24.5 Å². The maximum absolute atomic E-state index is 13.2. The molecule has 0 spiro atoms. The SMILES string of the molecule is CCCN1C(=O)/C(=C/c2c(C)c(C#N)c(=O)n(CCC)c2N2CCCC(C)C2)SC1=S. The third kappa shape index (κ3) is 4.58. The highest BCUT2D eigenvalue weighted by Gasteiger charge is 2.33. The number of thioether (sulfide) groups is 1. The second kappa shape index (κ2) is 10.0. The molecule has 3 heterocycles. The van der Waals surface area contributed by atoms with E-state index in [2.05, 4.69) is 17.9 Å².